The van der Waals surface area contributed by atoms with Gasteiger partial charge in [0, 0.05) is 6.54 Å². The normalized spacial score (nSPS) is 18.5. The summed E-state index contributed by atoms with van der Waals surface area (Å²) in [5.41, 5.74) is 0. The van der Waals surface area contributed by atoms with E-state index in [1.54, 1.807) is 6.26 Å². The summed E-state index contributed by atoms with van der Waals surface area (Å²) in [7, 11) is 0. The van der Waals surface area contributed by atoms with Gasteiger partial charge in [-0.05, 0) is 49.4 Å². The van der Waals surface area contributed by atoms with E-state index >= 15 is 0 Å². The van der Waals surface area contributed by atoms with Crippen molar-refractivity contribution in [1.29, 1.82) is 0 Å². The van der Waals surface area contributed by atoms with Crippen molar-refractivity contribution in [2.75, 3.05) is 13.1 Å². The Kier molecular flexibility index (Phi) is 3.62. The highest BCUT2D eigenvalue weighted by molar-refractivity contribution is 5.42. The smallest absolute Gasteiger partial charge is 0.126 e. The van der Waals surface area contributed by atoms with Crippen LogP contribution in [-0.4, -0.2) is 13.1 Å². The average molecular weight is 205 g/mol. The van der Waals surface area contributed by atoms with Gasteiger partial charge in [-0.15, -0.1) is 0 Å². The van der Waals surface area contributed by atoms with Gasteiger partial charge in [-0.2, -0.15) is 0 Å². The Morgan fingerprint density at radius 3 is 3.13 bits per heavy atom. The lowest BCUT2D eigenvalue weighted by molar-refractivity contribution is 0.474. The van der Waals surface area contributed by atoms with Crippen molar-refractivity contribution in [3.63, 3.8) is 0 Å². The van der Waals surface area contributed by atoms with E-state index in [9.17, 15) is 0 Å². The van der Waals surface area contributed by atoms with Gasteiger partial charge in [-0.1, -0.05) is 13.0 Å². The lowest BCUT2D eigenvalue weighted by Gasteiger charge is -2.09. The van der Waals surface area contributed by atoms with Crippen LogP contribution in [-0.2, 0) is 0 Å². The quantitative estimate of drug-likeness (QED) is 0.722. The third-order valence-corrected chi connectivity index (χ3v) is 2.98. The molecule has 1 aromatic heterocycles. The fourth-order valence-electron chi connectivity index (χ4n) is 1.79. The number of nitrogens with one attached hydrogen (secondary N) is 1. The number of furan rings is 1. The first-order chi connectivity index (χ1) is 7.36. The molecular weight excluding hydrogens is 186 g/mol. The molecule has 2 heteroatoms. The van der Waals surface area contributed by atoms with Crippen LogP contribution < -0.4 is 5.32 Å². The highest BCUT2D eigenvalue weighted by atomic mass is 16.3. The van der Waals surface area contributed by atoms with Crippen LogP contribution in [0.25, 0.3) is 6.08 Å². The second kappa shape index (κ2) is 5.17. The molecule has 0 spiro atoms. The van der Waals surface area contributed by atoms with Gasteiger partial charge in [-0.25, -0.2) is 0 Å². The summed E-state index contributed by atoms with van der Waals surface area (Å²) >= 11 is 0. The van der Waals surface area contributed by atoms with E-state index in [1.807, 2.05) is 18.2 Å². The van der Waals surface area contributed by atoms with E-state index in [0.717, 1.165) is 30.7 Å². The molecular formula is C13H19NO. The minimum absolute atomic E-state index is 0.835. The van der Waals surface area contributed by atoms with Gasteiger partial charge in [-0.3, -0.25) is 0 Å². The molecule has 1 aliphatic carbocycles. The fourth-order valence-corrected chi connectivity index (χ4v) is 1.79. The molecule has 1 fully saturated rings. The van der Waals surface area contributed by atoms with Crippen LogP contribution in [0.5, 0.6) is 0 Å². The third-order valence-electron chi connectivity index (χ3n) is 2.98. The maximum absolute atomic E-state index is 5.19. The molecule has 0 aromatic carbocycles. The van der Waals surface area contributed by atoms with Crippen LogP contribution in [0.3, 0.4) is 0 Å². The van der Waals surface area contributed by atoms with Crippen LogP contribution in [0.2, 0.25) is 0 Å². The predicted octanol–water partition coefficient (Wildman–Crippen LogP) is 2.93. The van der Waals surface area contributed by atoms with E-state index in [-0.39, 0.29) is 0 Å². The van der Waals surface area contributed by atoms with Crippen molar-refractivity contribution < 1.29 is 4.42 Å². The number of rotatable bonds is 6. The zero-order valence-electron chi connectivity index (χ0n) is 9.28. The van der Waals surface area contributed by atoms with E-state index in [0.29, 0.717) is 0 Å². The van der Waals surface area contributed by atoms with E-state index < -0.39 is 0 Å². The molecule has 1 saturated carbocycles. The Morgan fingerprint density at radius 1 is 1.60 bits per heavy atom. The average Bonchev–Trinajstić information content (AvgIpc) is 2.97. The van der Waals surface area contributed by atoms with Gasteiger partial charge >= 0.3 is 0 Å². The Bertz CT molecular complexity index is 298. The minimum atomic E-state index is 0.835. The highest BCUT2D eigenvalue weighted by Crippen LogP contribution is 2.35. The Balaban J connectivity index is 1.58. The topological polar surface area (TPSA) is 25.2 Å². The molecule has 0 radical (unpaired) electrons. The number of hydrogen-bond donors (Lipinski definition) is 1. The van der Waals surface area contributed by atoms with Crippen molar-refractivity contribution in [3.8, 4) is 0 Å². The van der Waals surface area contributed by atoms with Crippen LogP contribution in [0.1, 0.15) is 25.5 Å². The summed E-state index contributed by atoms with van der Waals surface area (Å²) < 4.78 is 5.19. The van der Waals surface area contributed by atoms with Crippen LogP contribution >= 0.6 is 0 Å². The first-order valence-electron chi connectivity index (χ1n) is 5.77. The van der Waals surface area contributed by atoms with Crippen molar-refractivity contribution in [2.45, 2.75) is 19.8 Å². The van der Waals surface area contributed by atoms with Gasteiger partial charge in [0.1, 0.15) is 5.76 Å². The van der Waals surface area contributed by atoms with Gasteiger partial charge in [0.25, 0.3) is 0 Å². The van der Waals surface area contributed by atoms with Crippen LogP contribution in [0.15, 0.2) is 28.9 Å². The molecule has 2 rings (SSSR count). The van der Waals surface area contributed by atoms with Crippen molar-refractivity contribution in [3.05, 3.63) is 30.2 Å². The first kappa shape index (κ1) is 10.5. The summed E-state index contributed by atoms with van der Waals surface area (Å²) in [5, 5.41) is 3.44. The molecule has 15 heavy (non-hydrogen) atoms. The second-order valence-corrected chi connectivity index (χ2v) is 4.39. The minimum Gasteiger partial charge on any atom is -0.465 e. The molecule has 1 unspecified atom stereocenters. The summed E-state index contributed by atoms with van der Waals surface area (Å²) in [4.78, 5) is 0. The molecule has 2 nitrogen and oxygen atoms in total. The Morgan fingerprint density at radius 2 is 2.47 bits per heavy atom. The lowest BCUT2D eigenvalue weighted by atomic mass is 10.1. The van der Waals surface area contributed by atoms with Gasteiger partial charge in [0.05, 0.1) is 6.26 Å². The predicted molar refractivity (Wildman–Crippen MR) is 62.5 cm³/mol. The highest BCUT2D eigenvalue weighted by Gasteiger charge is 2.26. The molecule has 1 aliphatic rings. The zero-order chi connectivity index (χ0) is 10.5. The van der Waals surface area contributed by atoms with Crippen molar-refractivity contribution >= 4 is 6.08 Å². The summed E-state index contributed by atoms with van der Waals surface area (Å²) in [6, 6.07) is 3.87. The molecule has 1 heterocycles. The Labute approximate surface area is 91.4 Å². The molecule has 82 valence electrons. The SMILES string of the molecule is CC(CNC/C=C/c1ccco1)C1CC1. The van der Waals surface area contributed by atoms with Crippen LogP contribution in [0.4, 0.5) is 0 Å². The monoisotopic (exact) mass is 205 g/mol. The molecule has 1 atom stereocenters. The van der Waals surface area contributed by atoms with Gasteiger partial charge < -0.3 is 9.73 Å². The molecule has 1 aromatic rings. The van der Waals surface area contributed by atoms with Crippen molar-refractivity contribution in [2.24, 2.45) is 11.8 Å². The zero-order valence-corrected chi connectivity index (χ0v) is 9.28. The summed E-state index contributed by atoms with van der Waals surface area (Å²) in [6.45, 7) is 4.39. The molecule has 0 aliphatic heterocycles. The van der Waals surface area contributed by atoms with Gasteiger partial charge in [0.15, 0.2) is 0 Å². The molecule has 0 amide bonds. The standard InChI is InChI=1S/C13H19NO/c1-11(12-6-7-12)10-14-8-2-4-13-5-3-9-15-13/h2-5,9,11-12,14H,6-8,10H2,1H3/b4-2+. The largest absolute Gasteiger partial charge is 0.465 e. The van der Waals surface area contributed by atoms with Crippen molar-refractivity contribution in [1.82, 2.24) is 5.32 Å². The maximum Gasteiger partial charge on any atom is 0.126 e. The molecule has 0 saturated heterocycles. The fraction of sp³-hybridized carbons (Fsp3) is 0.538. The second-order valence-electron chi connectivity index (χ2n) is 4.39. The van der Waals surface area contributed by atoms with E-state index in [2.05, 4.69) is 18.3 Å². The maximum atomic E-state index is 5.19. The van der Waals surface area contributed by atoms with Crippen LogP contribution in [0, 0.1) is 11.8 Å². The number of hydrogen-bond acceptors (Lipinski definition) is 2. The first-order valence-corrected chi connectivity index (χ1v) is 5.77. The third kappa shape index (κ3) is 3.56. The Hall–Kier alpha value is -1.02. The summed E-state index contributed by atoms with van der Waals surface area (Å²) in [6.07, 6.45) is 8.69. The summed E-state index contributed by atoms with van der Waals surface area (Å²) in [5.74, 6) is 2.75. The molecule has 1 N–H and O–H groups in total. The van der Waals surface area contributed by atoms with Gasteiger partial charge in [0.2, 0.25) is 0 Å². The van der Waals surface area contributed by atoms with E-state index in [4.69, 9.17) is 4.42 Å². The van der Waals surface area contributed by atoms with E-state index in [1.165, 1.54) is 12.8 Å². The lowest BCUT2D eigenvalue weighted by Crippen LogP contribution is -2.22. The molecule has 0 bridgehead atoms.